The average Bonchev–Trinajstić information content (AvgIpc) is 3.44. The molecule has 0 saturated heterocycles. The summed E-state index contributed by atoms with van der Waals surface area (Å²) in [7, 11) is 1.62. The van der Waals surface area contributed by atoms with Crippen molar-refractivity contribution in [2.45, 2.75) is 37.8 Å². The molecule has 1 aliphatic carbocycles. The lowest BCUT2D eigenvalue weighted by atomic mass is 9.81. The Morgan fingerprint density at radius 3 is 2.77 bits per heavy atom. The number of halogens is 3. The summed E-state index contributed by atoms with van der Waals surface area (Å²) >= 11 is 0. The van der Waals surface area contributed by atoms with Gasteiger partial charge in [0.25, 0.3) is 0 Å². The number of nitrogens with two attached hydrogens (primary N) is 1. The molecule has 4 aromatic rings. The van der Waals surface area contributed by atoms with Crippen molar-refractivity contribution in [3.8, 4) is 17.1 Å². The number of H-pyrrole nitrogens is 1. The van der Waals surface area contributed by atoms with E-state index in [-0.39, 0.29) is 18.4 Å². The van der Waals surface area contributed by atoms with Crippen LogP contribution in [-0.2, 0) is 4.79 Å². The van der Waals surface area contributed by atoms with Crippen molar-refractivity contribution in [3.63, 3.8) is 0 Å². The Morgan fingerprint density at radius 1 is 1.29 bits per heavy atom. The maximum atomic E-state index is 12.5. The van der Waals surface area contributed by atoms with E-state index in [1.54, 1.807) is 13.3 Å². The Balaban J connectivity index is 1.42. The molecule has 3 heterocycles. The fourth-order valence-corrected chi connectivity index (χ4v) is 4.95. The predicted molar refractivity (Wildman–Crippen MR) is 125 cm³/mol. The molecule has 35 heavy (non-hydrogen) atoms. The molecule has 11 heteroatoms. The molecule has 5 rings (SSSR count). The number of nitrogens with one attached hydrogen (secondary N) is 2. The Hall–Kier alpha value is -3.76. The Morgan fingerprint density at radius 2 is 2.06 bits per heavy atom. The molecular weight excluding hydrogens is 461 g/mol. The number of hydrogen-bond donors (Lipinski definition) is 3. The number of nitrogens with zero attached hydrogens (tertiary/aromatic N) is 3. The minimum absolute atomic E-state index is 0.00356. The Labute approximate surface area is 198 Å². The van der Waals surface area contributed by atoms with Crippen molar-refractivity contribution in [2.75, 3.05) is 19.4 Å². The van der Waals surface area contributed by atoms with Crippen LogP contribution in [-0.4, -0.2) is 45.1 Å². The number of hydrogen-bond acceptors (Lipinski definition) is 5. The molecule has 4 N–H and O–H groups in total. The van der Waals surface area contributed by atoms with Gasteiger partial charge in [-0.3, -0.25) is 9.20 Å². The third-order valence-electron chi connectivity index (χ3n) is 6.72. The second kappa shape index (κ2) is 8.79. The van der Waals surface area contributed by atoms with Crippen LogP contribution in [0.25, 0.3) is 27.8 Å². The van der Waals surface area contributed by atoms with Crippen molar-refractivity contribution in [1.29, 1.82) is 0 Å². The summed E-state index contributed by atoms with van der Waals surface area (Å²) in [6, 6.07) is 7.78. The molecule has 1 fully saturated rings. The summed E-state index contributed by atoms with van der Waals surface area (Å²) in [5, 5.41) is 2.99. The fourth-order valence-electron chi connectivity index (χ4n) is 4.95. The topological polar surface area (TPSA) is 110 Å². The highest BCUT2D eigenvalue weighted by Gasteiger charge is 2.39. The van der Waals surface area contributed by atoms with E-state index < -0.39 is 12.1 Å². The minimum atomic E-state index is -4.86. The summed E-state index contributed by atoms with van der Waals surface area (Å²) in [6.45, 7) is 0.0202. The number of imidazole rings is 1. The zero-order valence-corrected chi connectivity index (χ0v) is 19.0. The highest BCUT2D eigenvalue weighted by Crippen LogP contribution is 2.39. The van der Waals surface area contributed by atoms with Crippen molar-refractivity contribution in [3.05, 3.63) is 42.5 Å². The summed E-state index contributed by atoms with van der Waals surface area (Å²) in [5.41, 5.74) is 9.30. The van der Waals surface area contributed by atoms with E-state index in [4.69, 9.17) is 15.5 Å². The number of aromatic nitrogens is 4. The van der Waals surface area contributed by atoms with Gasteiger partial charge in [-0.1, -0.05) is 12.1 Å². The van der Waals surface area contributed by atoms with Gasteiger partial charge >= 0.3 is 12.1 Å². The van der Waals surface area contributed by atoms with Gasteiger partial charge in [0, 0.05) is 30.2 Å². The first kappa shape index (κ1) is 23.0. The second-order valence-electron chi connectivity index (χ2n) is 8.88. The van der Waals surface area contributed by atoms with Gasteiger partial charge in [-0.25, -0.2) is 9.97 Å². The number of carbonyl (C=O) groups excluding carboxylic acids is 1. The number of benzene rings is 1. The van der Waals surface area contributed by atoms with Crippen LogP contribution < -0.4 is 15.8 Å². The van der Waals surface area contributed by atoms with Crippen LogP contribution in [0.15, 0.2) is 36.7 Å². The van der Waals surface area contributed by atoms with Crippen LogP contribution >= 0.6 is 0 Å². The monoisotopic (exact) mass is 486 g/mol. The van der Waals surface area contributed by atoms with Crippen LogP contribution in [0.5, 0.6) is 5.75 Å². The largest absolute Gasteiger partial charge is 0.495 e. The molecule has 0 spiro atoms. The van der Waals surface area contributed by atoms with Gasteiger partial charge in [-0.2, -0.15) is 13.2 Å². The lowest BCUT2D eigenvalue weighted by Gasteiger charge is -2.28. The predicted octanol–water partition coefficient (Wildman–Crippen LogP) is 4.42. The average molecular weight is 486 g/mol. The van der Waals surface area contributed by atoms with E-state index in [0.717, 1.165) is 41.0 Å². The molecule has 0 aliphatic heterocycles. The first-order valence-electron chi connectivity index (χ1n) is 11.4. The number of aromatic amines is 1. The number of para-hydroxylation sites is 1. The molecule has 1 amide bonds. The summed E-state index contributed by atoms with van der Waals surface area (Å²) in [6.07, 6.45) is 1.47. The number of rotatable bonds is 5. The lowest BCUT2D eigenvalue weighted by Crippen LogP contribution is -2.40. The third-order valence-corrected chi connectivity index (χ3v) is 6.72. The quantitative estimate of drug-likeness (QED) is 0.387. The zero-order chi connectivity index (χ0) is 24.7. The number of carbonyl (C=O) groups is 1. The highest BCUT2D eigenvalue weighted by atomic mass is 19.4. The Kier molecular flexibility index (Phi) is 5.78. The fraction of sp³-hybridized carbons (Fsp3) is 0.375. The minimum Gasteiger partial charge on any atom is -0.495 e. The SMILES string of the molecule is COc1cccc2cc(-c3nc([C@H]4CC[C@H](CNC(=O)C(F)(F)F)CC4)n4ccnc(N)c34)[nH]c12. The van der Waals surface area contributed by atoms with Gasteiger partial charge in [0.1, 0.15) is 28.6 Å². The number of fused-ring (bicyclic) bond motifs is 2. The summed E-state index contributed by atoms with van der Waals surface area (Å²) < 4.78 is 44.8. The maximum Gasteiger partial charge on any atom is 0.471 e. The number of nitrogen functional groups attached to an aromatic ring is 1. The van der Waals surface area contributed by atoms with Gasteiger partial charge in [-0.05, 0) is 43.7 Å². The normalized spacial score (nSPS) is 18.7. The molecule has 1 saturated carbocycles. The molecule has 184 valence electrons. The molecule has 0 atom stereocenters. The first-order valence-corrected chi connectivity index (χ1v) is 11.4. The standard InChI is InChI=1S/C24H25F3N6O2/c1-35-17-4-2-3-15-11-16(31-18(15)17)19-20-21(28)29-9-10-33(20)22(32-19)14-7-5-13(6-8-14)12-30-23(34)24(25,26)27/h2-4,9-11,13-14,31H,5-8,12H2,1H3,(H2,28,29)(H,30,34)/t13-,14-. The number of alkyl halides is 3. The molecule has 0 bridgehead atoms. The van der Waals surface area contributed by atoms with Crippen LogP contribution in [0.4, 0.5) is 19.0 Å². The van der Waals surface area contributed by atoms with Crippen molar-refractivity contribution in [1.82, 2.24) is 24.7 Å². The molecular formula is C24H25F3N6O2. The van der Waals surface area contributed by atoms with Crippen LogP contribution in [0, 0.1) is 5.92 Å². The highest BCUT2D eigenvalue weighted by molar-refractivity contribution is 5.93. The molecule has 1 aromatic carbocycles. The first-order chi connectivity index (χ1) is 16.8. The van der Waals surface area contributed by atoms with E-state index >= 15 is 0 Å². The molecule has 3 aromatic heterocycles. The van der Waals surface area contributed by atoms with Crippen LogP contribution in [0.1, 0.15) is 37.4 Å². The zero-order valence-electron chi connectivity index (χ0n) is 19.0. The summed E-state index contributed by atoms with van der Waals surface area (Å²) in [5.74, 6) is 0.131. The van der Waals surface area contributed by atoms with E-state index in [2.05, 4.69) is 9.97 Å². The van der Waals surface area contributed by atoms with Crippen molar-refractivity contribution in [2.24, 2.45) is 5.92 Å². The van der Waals surface area contributed by atoms with E-state index in [1.165, 1.54) is 0 Å². The second-order valence-corrected chi connectivity index (χ2v) is 8.88. The van der Waals surface area contributed by atoms with Gasteiger partial charge < -0.3 is 20.8 Å². The van der Waals surface area contributed by atoms with Gasteiger partial charge in [-0.15, -0.1) is 0 Å². The molecule has 0 radical (unpaired) electrons. The number of ether oxygens (including phenoxy) is 1. The maximum absolute atomic E-state index is 12.5. The molecule has 0 unspecified atom stereocenters. The van der Waals surface area contributed by atoms with E-state index in [0.29, 0.717) is 29.9 Å². The lowest BCUT2D eigenvalue weighted by molar-refractivity contribution is -0.173. The van der Waals surface area contributed by atoms with Gasteiger partial charge in [0.05, 0.1) is 18.3 Å². The number of amides is 1. The number of methoxy groups -OCH3 is 1. The smallest absolute Gasteiger partial charge is 0.471 e. The van der Waals surface area contributed by atoms with Gasteiger partial charge in [0.2, 0.25) is 0 Å². The van der Waals surface area contributed by atoms with Crippen molar-refractivity contribution >= 4 is 28.1 Å². The Bertz CT molecular complexity index is 1390. The number of anilines is 1. The van der Waals surface area contributed by atoms with Crippen LogP contribution in [0.3, 0.4) is 0 Å². The molecule has 1 aliphatic rings. The molecule has 8 nitrogen and oxygen atoms in total. The van der Waals surface area contributed by atoms with Crippen molar-refractivity contribution < 1.29 is 22.7 Å². The third kappa shape index (κ3) is 4.26. The van der Waals surface area contributed by atoms with E-state index in [9.17, 15) is 18.0 Å². The summed E-state index contributed by atoms with van der Waals surface area (Å²) in [4.78, 5) is 23.8. The van der Waals surface area contributed by atoms with E-state index in [1.807, 2.05) is 40.2 Å². The van der Waals surface area contributed by atoms with Crippen LogP contribution in [0.2, 0.25) is 0 Å². The van der Waals surface area contributed by atoms with Gasteiger partial charge in [0.15, 0.2) is 0 Å².